The number of nitrogen functional groups attached to an aromatic ring is 1. The van der Waals surface area contributed by atoms with Gasteiger partial charge in [0, 0.05) is 5.69 Å². The Bertz CT molecular complexity index is 360. The van der Waals surface area contributed by atoms with Crippen LogP contribution in [-0.4, -0.2) is 23.7 Å². The average Bonchev–Trinajstić information content (AvgIpc) is 2.28. The van der Waals surface area contributed by atoms with Gasteiger partial charge in [-0.2, -0.15) is 0 Å². The SMILES string of the molecule is CC(C)C(CO)NC(=O)Cc1ccc(N)cc1. The van der Waals surface area contributed by atoms with Crippen molar-refractivity contribution in [3.05, 3.63) is 29.8 Å². The number of aliphatic hydroxyl groups is 1. The second-order valence-corrected chi connectivity index (χ2v) is 4.52. The molecule has 0 saturated carbocycles. The molecule has 1 aromatic rings. The number of nitrogens with one attached hydrogen (secondary N) is 1. The first-order valence-electron chi connectivity index (χ1n) is 5.77. The second kappa shape index (κ2) is 6.25. The Labute approximate surface area is 102 Å². The summed E-state index contributed by atoms with van der Waals surface area (Å²) in [6, 6.07) is 7.02. The maximum absolute atomic E-state index is 11.7. The van der Waals surface area contributed by atoms with Gasteiger partial charge in [0.1, 0.15) is 0 Å². The van der Waals surface area contributed by atoms with Crippen molar-refractivity contribution in [3.63, 3.8) is 0 Å². The minimum absolute atomic E-state index is 0.0366. The van der Waals surface area contributed by atoms with Crippen molar-refractivity contribution < 1.29 is 9.90 Å². The highest BCUT2D eigenvalue weighted by atomic mass is 16.3. The molecule has 0 aliphatic rings. The molecule has 0 aliphatic heterocycles. The summed E-state index contributed by atoms with van der Waals surface area (Å²) in [5.74, 6) is 0.137. The molecule has 4 nitrogen and oxygen atoms in total. The van der Waals surface area contributed by atoms with E-state index in [0.717, 1.165) is 5.56 Å². The van der Waals surface area contributed by atoms with Crippen molar-refractivity contribution in [1.29, 1.82) is 0 Å². The highest BCUT2D eigenvalue weighted by Gasteiger charge is 2.14. The summed E-state index contributed by atoms with van der Waals surface area (Å²) < 4.78 is 0. The molecule has 1 rings (SSSR count). The molecule has 1 amide bonds. The fourth-order valence-electron chi connectivity index (χ4n) is 1.50. The lowest BCUT2D eigenvalue weighted by molar-refractivity contribution is -0.121. The van der Waals surface area contributed by atoms with E-state index < -0.39 is 0 Å². The van der Waals surface area contributed by atoms with Gasteiger partial charge in [-0.3, -0.25) is 4.79 Å². The van der Waals surface area contributed by atoms with Crippen LogP contribution < -0.4 is 11.1 Å². The van der Waals surface area contributed by atoms with E-state index in [1.807, 2.05) is 26.0 Å². The largest absolute Gasteiger partial charge is 0.399 e. The van der Waals surface area contributed by atoms with E-state index in [1.54, 1.807) is 12.1 Å². The fraction of sp³-hybridized carbons (Fsp3) is 0.462. The van der Waals surface area contributed by atoms with Crippen molar-refractivity contribution in [1.82, 2.24) is 5.32 Å². The Hall–Kier alpha value is -1.55. The summed E-state index contributed by atoms with van der Waals surface area (Å²) in [6.07, 6.45) is 0.309. The molecule has 4 heteroatoms. The molecule has 1 aromatic carbocycles. The summed E-state index contributed by atoms with van der Waals surface area (Å²) in [7, 11) is 0. The number of hydrogen-bond donors (Lipinski definition) is 3. The molecule has 0 radical (unpaired) electrons. The number of aliphatic hydroxyl groups excluding tert-OH is 1. The number of rotatable bonds is 5. The number of anilines is 1. The van der Waals surface area contributed by atoms with E-state index in [-0.39, 0.29) is 24.5 Å². The summed E-state index contributed by atoms with van der Waals surface area (Å²) in [6.45, 7) is 3.89. The van der Waals surface area contributed by atoms with Crippen molar-refractivity contribution in [2.24, 2.45) is 5.92 Å². The Kier molecular flexibility index (Phi) is 4.97. The number of benzene rings is 1. The monoisotopic (exact) mass is 236 g/mol. The molecule has 17 heavy (non-hydrogen) atoms. The third-order valence-electron chi connectivity index (χ3n) is 2.69. The van der Waals surface area contributed by atoms with E-state index >= 15 is 0 Å². The van der Waals surface area contributed by atoms with E-state index in [4.69, 9.17) is 10.8 Å². The standard InChI is InChI=1S/C13H20N2O2/c1-9(2)12(8-16)15-13(17)7-10-3-5-11(14)6-4-10/h3-6,9,12,16H,7-8,14H2,1-2H3,(H,15,17). The first-order chi connectivity index (χ1) is 8.02. The zero-order valence-corrected chi connectivity index (χ0v) is 10.3. The molecule has 0 saturated heterocycles. The normalized spacial score (nSPS) is 12.5. The molecule has 0 fully saturated rings. The molecule has 0 spiro atoms. The van der Waals surface area contributed by atoms with Crippen molar-refractivity contribution >= 4 is 11.6 Å². The Balaban J connectivity index is 2.52. The van der Waals surface area contributed by atoms with Crippen LogP contribution in [0.4, 0.5) is 5.69 Å². The molecule has 1 atom stereocenters. The highest BCUT2D eigenvalue weighted by Crippen LogP contribution is 2.07. The molecule has 1 unspecified atom stereocenters. The van der Waals surface area contributed by atoms with Gasteiger partial charge >= 0.3 is 0 Å². The van der Waals surface area contributed by atoms with E-state index in [2.05, 4.69) is 5.32 Å². The number of hydrogen-bond acceptors (Lipinski definition) is 3. The first-order valence-corrected chi connectivity index (χ1v) is 5.77. The Morgan fingerprint density at radius 3 is 2.41 bits per heavy atom. The quantitative estimate of drug-likeness (QED) is 0.666. The Morgan fingerprint density at radius 1 is 1.35 bits per heavy atom. The van der Waals surface area contributed by atoms with Crippen LogP contribution in [0.25, 0.3) is 0 Å². The van der Waals surface area contributed by atoms with E-state index in [9.17, 15) is 4.79 Å². The van der Waals surface area contributed by atoms with Gasteiger partial charge in [-0.1, -0.05) is 26.0 Å². The number of carbonyl (C=O) groups excluding carboxylic acids is 1. The summed E-state index contributed by atoms with van der Waals surface area (Å²) in [4.78, 5) is 11.7. The highest BCUT2D eigenvalue weighted by molar-refractivity contribution is 5.79. The first kappa shape index (κ1) is 13.5. The summed E-state index contributed by atoms with van der Waals surface area (Å²) >= 11 is 0. The number of amides is 1. The van der Waals surface area contributed by atoms with E-state index in [1.165, 1.54) is 0 Å². The van der Waals surface area contributed by atoms with Crippen LogP contribution in [-0.2, 0) is 11.2 Å². The molecular weight excluding hydrogens is 216 g/mol. The minimum Gasteiger partial charge on any atom is -0.399 e. The molecule has 0 aromatic heterocycles. The molecular formula is C13H20N2O2. The smallest absolute Gasteiger partial charge is 0.224 e. The van der Waals surface area contributed by atoms with Crippen molar-refractivity contribution in [2.45, 2.75) is 26.3 Å². The lowest BCUT2D eigenvalue weighted by Gasteiger charge is -2.19. The van der Waals surface area contributed by atoms with E-state index in [0.29, 0.717) is 12.1 Å². The van der Waals surface area contributed by atoms with Crippen LogP contribution in [0.5, 0.6) is 0 Å². The lowest BCUT2D eigenvalue weighted by Crippen LogP contribution is -2.41. The van der Waals surface area contributed by atoms with Gasteiger partial charge in [0.15, 0.2) is 0 Å². The maximum Gasteiger partial charge on any atom is 0.224 e. The number of nitrogens with two attached hydrogens (primary N) is 1. The van der Waals surface area contributed by atoms with Gasteiger partial charge in [0.05, 0.1) is 19.1 Å². The predicted molar refractivity (Wildman–Crippen MR) is 68.4 cm³/mol. The summed E-state index contributed by atoms with van der Waals surface area (Å²) in [5, 5.41) is 11.9. The molecule has 4 N–H and O–H groups in total. The van der Waals surface area contributed by atoms with Crippen LogP contribution in [0, 0.1) is 5.92 Å². The third-order valence-corrected chi connectivity index (χ3v) is 2.69. The van der Waals surface area contributed by atoms with Gasteiger partial charge in [-0.15, -0.1) is 0 Å². The molecule has 94 valence electrons. The minimum atomic E-state index is -0.184. The van der Waals surface area contributed by atoms with Crippen molar-refractivity contribution in [3.8, 4) is 0 Å². The molecule has 0 bridgehead atoms. The van der Waals surface area contributed by atoms with Gasteiger partial charge in [-0.25, -0.2) is 0 Å². The zero-order chi connectivity index (χ0) is 12.8. The van der Waals surface area contributed by atoms with Gasteiger partial charge in [0.25, 0.3) is 0 Å². The average molecular weight is 236 g/mol. The van der Waals surface area contributed by atoms with Crippen LogP contribution in [0.1, 0.15) is 19.4 Å². The van der Waals surface area contributed by atoms with Crippen LogP contribution in [0.3, 0.4) is 0 Å². The summed E-state index contributed by atoms with van der Waals surface area (Å²) in [5.41, 5.74) is 7.16. The molecule has 0 heterocycles. The van der Waals surface area contributed by atoms with Gasteiger partial charge in [0.2, 0.25) is 5.91 Å². The second-order valence-electron chi connectivity index (χ2n) is 4.52. The fourth-order valence-corrected chi connectivity index (χ4v) is 1.50. The van der Waals surface area contributed by atoms with Gasteiger partial charge < -0.3 is 16.2 Å². The van der Waals surface area contributed by atoms with Crippen LogP contribution >= 0.6 is 0 Å². The van der Waals surface area contributed by atoms with Crippen molar-refractivity contribution in [2.75, 3.05) is 12.3 Å². The lowest BCUT2D eigenvalue weighted by atomic mass is 10.0. The number of carbonyl (C=O) groups is 1. The Morgan fingerprint density at radius 2 is 1.94 bits per heavy atom. The van der Waals surface area contributed by atoms with Crippen LogP contribution in [0.15, 0.2) is 24.3 Å². The molecule has 0 aliphatic carbocycles. The maximum atomic E-state index is 11.7. The van der Waals surface area contributed by atoms with Gasteiger partial charge in [-0.05, 0) is 23.6 Å². The van der Waals surface area contributed by atoms with Crippen LogP contribution in [0.2, 0.25) is 0 Å². The third kappa shape index (κ3) is 4.44. The predicted octanol–water partition coefficient (Wildman–Crippen LogP) is 0.944. The zero-order valence-electron chi connectivity index (χ0n) is 10.3. The topological polar surface area (TPSA) is 75.3 Å².